The molecule has 7 heteroatoms. The van der Waals surface area contributed by atoms with E-state index in [1.165, 1.54) is 18.2 Å². The molecule has 1 heterocycles. The van der Waals surface area contributed by atoms with Crippen molar-refractivity contribution in [2.75, 3.05) is 4.72 Å². The van der Waals surface area contributed by atoms with Gasteiger partial charge in [-0.25, -0.2) is 13.4 Å². The minimum absolute atomic E-state index is 0.0218. The van der Waals surface area contributed by atoms with Crippen LogP contribution in [-0.4, -0.2) is 13.4 Å². The molecule has 0 unspecified atom stereocenters. The topological polar surface area (TPSA) is 82.8 Å². The summed E-state index contributed by atoms with van der Waals surface area (Å²) in [5, 5.41) is 9.03. The molecule has 0 spiro atoms. The van der Waals surface area contributed by atoms with Crippen LogP contribution in [-0.2, 0) is 10.0 Å². The number of hydrogen-bond acceptors (Lipinski definition) is 4. The zero-order valence-corrected chi connectivity index (χ0v) is 11.1. The van der Waals surface area contributed by atoms with Gasteiger partial charge in [-0.2, -0.15) is 5.26 Å². The number of hydrogen-bond donors (Lipinski definition) is 1. The van der Waals surface area contributed by atoms with Gasteiger partial charge in [0.25, 0.3) is 10.0 Å². The molecule has 2 rings (SSSR count). The fourth-order valence-corrected chi connectivity index (χ4v) is 2.56. The smallest absolute Gasteiger partial charge is 0.263 e. The van der Waals surface area contributed by atoms with Gasteiger partial charge in [0.1, 0.15) is 16.7 Å². The molecule has 0 amide bonds. The second kappa shape index (κ2) is 5.26. The van der Waals surface area contributed by atoms with E-state index < -0.39 is 10.0 Å². The second-order valence-corrected chi connectivity index (χ2v) is 5.73. The minimum atomic E-state index is -3.74. The molecule has 0 bridgehead atoms. The lowest BCUT2D eigenvalue weighted by atomic mass is 10.3. The third kappa shape index (κ3) is 3.22. The van der Waals surface area contributed by atoms with Crippen molar-refractivity contribution < 1.29 is 8.42 Å². The molecule has 1 aromatic carbocycles. The highest BCUT2D eigenvalue weighted by Crippen LogP contribution is 2.19. The number of aromatic nitrogens is 1. The zero-order chi connectivity index (χ0) is 13.9. The molecule has 2 aromatic rings. The number of rotatable bonds is 3. The fourth-order valence-electron chi connectivity index (χ4n) is 1.37. The average Bonchev–Trinajstić information content (AvgIpc) is 2.38. The predicted molar refractivity (Wildman–Crippen MR) is 71.2 cm³/mol. The lowest BCUT2D eigenvalue weighted by molar-refractivity contribution is 0.601. The Hall–Kier alpha value is -2.10. The SMILES string of the molecule is N#Cc1ccc(S(=O)(=O)Nc2cccc(Cl)c2)cn1. The Morgan fingerprint density at radius 3 is 2.63 bits per heavy atom. The normalized spacial score (nSPS) is 10.7. The van der Waals surface area contributed by atoms with Crippen molar-refractivity contribution in [1.82, 2.24) is 4.98 Å². The summed E-state index contributed by atoms with van der Waals surface area (Å²) in [6, 6.07) is 10.8. The van der Waals surface area contributed by atoms with Crippen LogP contribution >= 0.6 is 11.6 Å². The summed E-state index contributed by atoms with van der Waals surface area (Å²) in [5.74, 6) is 0. The first-order valence-corrected chi connectivity index (χ1v) is 7.02. The van der Waals surface area contributed by atoms with Crippen molar-refractivity contribution in [2.24, 2.45) is 0 Å². The Balaban J connectivity index is 2.30. The van der Waals surface area contributed by atoms with Crippen LogP contribution in [0.2, 0.25) is 5.02 Å². The number of pyridine rings is 1. The number of benzene rings is 1. The molecule has 5 nitrogen and oxygen atoms in total. The maximum Gasteiger partial charge on any atom is 0.263 e. The van der Waals surface area contributed by atoms with Crippen molar-refractivity contribution in [1.29, 1.82) is 5.26 Å². The standard InChI is InChI=1S/C12H8ClN3O2S/c13-9-2-1-3-10(6-9)16-19(17,18)12-5-4-11(7-14)15-8-12/h1-6,8,16H. The summed E-state index contributed by atoms with van der Waals surface area (Å²) < 4.78 is 26.4. The van der Waals surface area contributed by atoms with Crippen LogP contribution in [0, 0.1) is 11.3 Å². The Morgan fingerprint density at radius 2 is 2.05 bits per heavy atom. The van der Waals surface area contributed by atoms with Gasteiger partial charge in [-0.05, 0) is 30.3 Å². The third-order valence-electron chi connectivity index (χ3n) is 2.24. The number of nitrogens with zero attached hydrogens (tertiary/aromatic N) is 2. The largest absolute Gasteiger partial charge is 0.280 e. The Labute approximate surface area is 115 Å². The van der Waals surface area contributed by atoms with E-state index in [1.54, 1.807) is 18.2 Å². The lowest BCUT2D eigenvalue weighted by Gasteiger charge is -2.07. The number of nitrogens with one attached hydrogen (secondary N) is 1. The van der Waals surface area contributed by atoms with Gasteiger partial charge in [0.05, 0.1) is 5.69 Å². The fraction of sp³-hybridized carbons (Fsp3) is 0. The second-order valence-electron chi connectivity index (χ2n) is 3.61. The molecule has 1 aromatic heterocycles. The molecule has 19 heavy (non-hydrogen) atoms. The van der Waals surface area contributed by atoms with Gasteiger partial charge in [-0.1, -0.05) is 17.7 Å². The number of halogens is 1. The van der Waals surface area contributed by atoms with Crippen LogP contribution in [0.4, 0.5) is 5.69 Å². The molecule has 0 atom stereocenters. The van der Waals surface area contributed by atoms with Crippen LogP contribution in [0.5, 0.6) is 0 Å². The first-order valence-electron chi connectivity index (χ1n) is 5.16. The first kappa shape index (κ1) is 13.3. The molecular formula is C12H8ClN3O2S. The van der Waals surface area contributed by atoms with Gasteiger partial charge >= 0.3 is 0 Å². The van der Waals surface area contributed by atoms with Crippen molar-refractivity contribution in [3.63, 3.8) is 0 Å². The Bertz CT molecular complexity index is 736. The molecule has 0 saturated carbocycles. The van der Waals surface area contributed by atoms with E-state index in [1.807, 2.05) is 6.07 Å². The molecular weight excluding hydrogens is 286 g/mol. The van der Waals surface area contributed by atoms with E-state index in [0.717, 1.165) is 6.20 Å². The molecule has 0 aliphatic heterocycles. The number of anilines is 1. The van der Waals surface area contributed by atoms with E-state index in [9.17, 15) is 8.42 Å². The van der Waals surface area contributed by atoms with E-state index in [-0.39, 0.29) is 10.6 Å². The van der Waals surface area contributed by atoms with Crippen molar-refractivity contribution in [3.05, 3.63) is 53.3 Å². The lowest BCUT2D eigenvalue weighted by Crippen LogP contribution is -2.13. The maximum absolute atomic E-state index is 12.0. The monoisotopic (exact) mass is 293 g/mol. The van der Waals surface area contributed by atoms with Gasteiger partial charge in [0.2, 0.25) is 0 Å². The van der Waals surface area contributed by atoms with E-state index in [2.05, 4.69) is 9.71 Å². The highest BCUT2D eigenvalue weighted by Gasteiger charge is 2.14. The maximum atomic E-state index is 12.0. The summed E-state index contributed by atoms with van der Waals surface area (Å²) in [5.41, 5.74) is 0.513. The molecule has 96 valence electrons. The van der Waals surface area contributed by atoms with Crippen LogP contribution in [0.25, 0.3) is 0 Å². The van der Waals surface area contributed by atoms with E-state index in [0.29, 0.717) is 10.7 Å². The van der Waals surface area contributed by atoms with Crippen molar-refractivity contribution >= 4 is 27.3 Å². The van der Waals surface area contributed by atoms with Gasteiger partial charge in [-0.3, -0.25) is 4.72 Å². The molecule has 0 radical (unpaired) electrons. The minimum Gasteiger partial charge on any atom is -0.280 e. The average molecular weight is 294 g/mol. The van der Waals surface area contributed by atoms with Gasteiger partial charge < -0.3 is 0 Å². The van der Waals surface area contributed by atoms with Crippen LogP contribution in [0.1, 0.15) is 5.69 Å². The third-order valence-corrected chi connectivity index (χ3v) is 3.84. The molecule has 0 saturated heterocycles. The summed E-state index contributed by atoms with van der Waals surface area (Å²) >= 11 is 5.78. The van der Waals surface area contributed by atoms with Gasteiger partial charge in [0.15, 0.2) is 0 Å². The van der Waals surface area contributed by atoms with Gasteiger partial charge in [0, 0.05) is 11.2 Å². The predicted octanol–water partition coefficient (Wildman–Crippen LogP) is 2.41. The summed E-state index contributed by atoms with van der Waals surface area (Å²) in [7, 11) is -3.74. The quantitative estimate of drug-likeness (QED) is 0.942. The first-order chi connectivity index (χ1) is 9.01. The van der Waals surface area contributed by atoms with Crippen LogP contribution in [0.15, 0.2) is 47.5 Å². The highest BCUT2D eigenvalue weighted by molar-refractivity contribution is 7.92. The Kier molecular flexibility index (Phi) is 3.69. The van der Waals surface area contributed by atoms with Crippen molar-refractivity contribution in [3.8, 4) is 6.07 Å². The zero-order valence-electron chi connectivity index (χ0n) is 9.54. The Morgan fingerprint density at radius 1 is 1.26 bits per heavy atom. The summed E-state index contributed by atoms with van der Waals surface area (Å²) in [6.07, 6.45) is 1.13. The van der Waals surface area contributed by atoms with E-state index in [4.69, 9.17) is 16.9 Å². The van der Waals surface area contributed by atoms with Crippen LogP contribution in [0.3, 0.4) is 0 Å². The van der Waals surface area contributed by atoms with Gasteiger partial charge in [-0.15, -0.1) is 0 Å². The molecule has 1 N–H and O–H groups in total. The summed E-state index contributed by atoms with van der Waals surface area (Å²) in [6.45, 7) is 0. The number of sulfonamides is 1. The van der Waals surface area contributed by atoms with Crippen LogP contribution < -0.4 is 4.72 Å². The van der Waals surface area contributed by atoms with Crippen molar-refractivity contribution in [2.45, 2.75) is 4.90 Å². The molecule has 0 aliphatic carbocycles. The molecule has 0 fully saturated rings. The highest BCUT2D eigenvalue weighted by atomic mass is 35.5. The molecule has 0 aliphatic rings. The number of nitriles is 1. The summed E-state index contributed by atoms with van der Waals surface area (Å²) in [4.78, 5) is 3.69. The van der Waals surface area contributed by atoms with E-state index >= 15 is 0 Å².